The minimum Gasteiger partial charge on any atom is -0.482 e. The van der Waals surface area contributed by atoms with Crippen molar-refractivity contribution in [2.75, 3.05) is 6.61 Å². The fourth-order valence-corrected chi connectivity index (χ4v) is 4.49. The van der Waals surface area contributed by atoms with Crippen LogP contribution in [0.25, 0.3) is 0 Å². The van der Waals surface area contributed by atoms with Crippen molar-refractivity contribution in [2.24, 2.45) is 0 Å². The van der Waals surface area contributed by atoms with Gasteiger partial charge in [0.05, 0.1) is 5.02 Å². The van der Waals surface area contributed by atoms with Crippen LogP contribution in [0.4, 0.5) is 0 Å². The van der Waals surface area contributed by atoms with Crippen LogP contribution in [0.15, 0.2) is 77.3 Å². The van der Waals surface area contributed by atoms with Crippen molar-refractivity contribution in [2.45, 2.75) is 38.9 Å². The molecule has 0 aliphatic rings. The van der Waals surface area contributed by atoms with Crippen LogP contribution in [-0.2, 0) is 22.6 Å². The van der Waals surface area contributed by atoms with Crippen molar-refractivity contribution in [3.63, 3.8) is 0 Å². The highest BCUT2D eigenvalue weighted by atomic mass is 79.9. The van der Waals surface area contributed by atoms with Gasteiger partial charge in [-0.1, -0.05) is 81.6 Å². The molecule has 0 spiro atoms. The van der Waals surface area contributed by atoms with Crippen LogP contribution in [0.1, 0.15) is 25.0 Å². The fraction of sp³-hybridized carbons (Fsp3) is 0.259. The molecular formula is C27H27BrCl2N2O3. The van der Waals surface area contributed by atoms with Gasteiger partial charge in [0.1, 0.15) is 11.8 Å². The summed E-state index contributed by atoms with van der Waals surface area (Å²) in [5.41, 5.74) is 1.83. The Morgan fingerprint density at radius 3 is 2.34 bits per heavy atom. The number of carbonyl (C=O) groups is 2. The molecule has 3 rings (SSSR count). The van der Waals surface area contributed by atoms with E-state index in [2.05, 4.69) is 21.2 Å². The number of rotatable bonds is 10. The minimum absolute atomic E-state index is 0.0762. The molecule has 184 valence electrons. The highest BCUT2D eigenvalue weighted by Gasteiger charge is 2.31. The molecule has 5 nitrogen and oxygen atoms in total. The van der Waals surface area contributed by atoms with E-state index in [9.17, 15) is 9.59 Å². The lowest BCUT2D eigenvalue weighted by molar-refractivity contribution is -0.143. The second-order valence-corrected chi connectivity index (χ2v) is 10.1. The number of hydrogen-bond acceptors (Lipinski definition) is 3. The molecule has 35 heavy (non-hydrogen) atoms. The van der Waals surface area contributed by atoms with Gasteiger partial charge in [-0.2, -0.15) is 0 Å². The number of nitrogens with zero attached hydrogens (tertiary/aromatic N) is 1. The summed E-state index contributed by atoms with van der Waals surface area (Å²) in [5, 5.41) is 3.74. The molecule has 8 heteroatoms. The summed E-state index contributed by atoms with van der Waals surface area (Å²) in [6.45, 7) is 3.74. The Labute approximate surface area is 224 Å². The van der Waals surface area contributed by atoms with Gasteiger partial charge < -0.3 is 15.0 Å². The van der Waals surface area contributed by atoms with E-state index in [0.717, 1.165) is 15.6 Å². The van der Waals surface area contributed by atoms with Crippen LogP contribution >= 0.6 is 39.1 Å². The molecule has 0 saturated carbocycles. The summed E-state index contributed by atoms with van der Waals surface area (Å²) in [6, 6.07) is 21.3. The first-order valence-electron chi connectivity index (χ1n) is 11.2. The molecule has 2 amide bonds. The van der Waals surface area contributed by atoms with Crippen molar-refractivity contribution >= 4 is 50.9 Å². The average Bonchev–Trinajstić information content (AvgIpc) is 2.81. The SMILES string of the molecule is CC(C)NC(=O)[C@H](Cc1ccccc1)N(Cc1cccc(Br)c1)C(=O)COc1ccc(Cl)cc1Cl. The Hall–Kier alpha value is -2.54. The lowest BCUT2D eigenvalue weighted by atomic mass is 10.0. The molecule has 0 aliphatic carbocycles. The van der Waals surface area contributed by atoms with Crippen LogP contribution in [0, 0.1) is 0 Å². The quantitative estimate of drug-likeness (QED) is 0.308. The Kier molecular flexibility index (Phi) is 10.0. The molecule has 1 atom stereocenters. The van der Waals surface area contributed by atoms with Gasteiger partial charge in [-0.15, -0.1) is 0 Å². The first-order chi connectivity index (χ1) is 16.7. The molecule has 0 heterocycles. The van der Waals surface area contributed by atoms with Crippen LogP contribution in [-0.4, -0.2) is 35.4 Å². The molecule has 0 aliphatic heterocycles. The first-order valence-corrected chi connectivity index (χ1v) is 12.7. The van der Waals surface area contributed by atoms with E-state index in [1.54, 1.807) is 23.1 Å². The van der Waals surface area contributed by atoms with Crippen LogP contribution < -0.4 is 10.1 Å². The highest BCUT2D eigenvalue weighted by Crippen LogP contribution is 2.27. The number of hydrogen-bond donors (Lipinski definition) is 1. The van der Waals surface area contributed by atoms with E-state index < -0.39 is 6.04 Å². The van der Waals surface area contributed by atoms with Gasteiger partial charge in [0.25, 0.3) is 5.91 Å². The first kappa shape index (κ1) is 27.1. The Bertz CT molecular complexity index is 1160. The van der Waals surface area contributed by atoms with Crippen molar-refractivity contribution in [1.82, 2.24) is 10.2 Å². The molecule has 3 aromatic rings. The minimum atomic E-state index is -0.740. The van der Waals surface area contributed by atoms with E-state index in [1.807, 2.05) is 68.4 Å². The van der Waals surface area contributed by atoms with Gasteiger partial charge in [-0.3, -0.25) is 9.59 Å². The predicted molar refractivity (Wildman–Crippen MR) is 144 cm³/mol. The lowest BCUT2D eigenvalue weighted by Gasteiger charge is -2.32. The second-order valence-electron chi connectivity index (χ2n) is 8.38. The van der Waals surface area contributed by atoms with Crippen LogP contribution in [0.5, 0.6) is 5.75 Å². The van der Waals surface area contributed by atoms with Crippen LogP contribution in [0.3, 0.4) is 0 Å². The van der Waals surface area contributed by atoms with Gasteiger partial charge >= 0.3 is 0 Å². The third-order valence-electron chi connectivity index (χ3n) is 5.19. The van der Waals surface area contributed by atoms with Gasteiger partial charge in [-0.25, -0.2) is 0 Å². The van der Waals surface area contributed by atoms with E-state index in [1.165, 1.54) is 0 Å². The molecule has 3 aromatic carbocycles. The maximum absolute atomic E-state index is 13.5. The third kappa shape index (κ3) is 8.27. The Morgan fingerprint density at radius 1 is 0.971 bits per heavy atom. The zero-order valence-corrected chi connectivity index (χ0v) is 22.6. The van der Waals surface area contributed by atoms with Crippen LogP contribution in [0.2, 0.25) is 10.0 Å². The van der Waals surface area contributed by atoms with Gasteiger partial charge in [0.15, 0.2) is 6.61 Å². The molecular weight excluding hydrogens is 551 g/mol. The fourth-order valence-electron chi connectivity index (χ4n) is 3.58. The molecule has 0 radical (unpaired) electrons. The van der Waals surface area contributed by atoms with E-state index in [-0.39, 0.29) is 31.0 Å². The predicted octanol–water partition coefficient (Wildman–Crippen LogP) is 6.30. The topological polar surface area (TPSA) is 58.6 Å². The Balaban J connectivity index is 1.92. The second kappa shape index (κ2) is 13.0. The monoisotopic (exact) mass is 576 g/mol. The van der Waals surface area contributed by atoms with Gasteiger partial charge in [0, 0.05) is 28.5 Å². The van der Waals surface area contributed by atoms with Gasteiger partial charge in [-0.05, 0) is 55.3 Å². The zero-order chi connectivity index (χ0) is 25.4. The number of benzene rings is 3. The third-order valence-corrected chi connectivity index (χ3v) is 6.21. The number of halogens is 3. The van der Waals surface area contributed by atoms with E-state index in [0.29, 0.717) is 22.2 Å². The molecule has 1 N–H and O–H groups in total. The normalized spacial score (nSPS) is 11.7. The van der Waals surface area contributed by atoms with Gasteiger partial charge in [0.2, 0.25) is 5.91 Å². The molecule has 0 aromatic heterocycles. The lowest BCUT2D eigenvalue weighted by Crippen LogP contribution is -2.52. The maximum Gasteiger partial charge on any atom is 0.261 e. The average molecular weight is 578 g/mol. The molecule has 0 saturated heterocycles. The summed E-state index contributed by atoms with van der Waals surface area (Å²) in [6.07, 6.45) is 0.362. The highest BCUT2D eigenvalue weighted by molar-refractivity contribution is 9.10. The van der Waals surface area contributed by atoms with Crippen molar-refractivity contribution in [3.8, 4) is 5.75 Å². The molecule has 0 fully saturated rings. The standard InChI is InChI=1S/C27H27BrCl2N2O3/c1-18(2)31-27(34)24(14-19-7-4-3-5-8-19)32(16-20-9-6-10-21(28)13-20)26(33)17-35-25-12-11-22(29)15-23(25)30/h3-13,15,18,24H,14,16-17H2,1-2H3,(H,31,34)/t24-/m0/s1. The van der Waals surface area contributed by atoms with Crippen molar-refractivity contribution in [3.05, 3.63) is 98.4 Å². The summed E-state index contributed by atoms with van der Waals surface area (Å²) >= 11 is 15.7. The summed E-state index contributed by atoms with van der Waals surface area (Å²) < 4.78 is 6.62. The smallest absolute Gasteiger partial charge is 0.261 e. The summed E-state index contributed by atoms with van der Waals surface area (Å²) in [7, 11) is 0. The largest absolute Gasteiger partial charge is 0.482 e. The number of nitrogens with one attached hydrogen (secondary N) is 1. The van der Waals surface area contributed by atoms with Crippen molar-refractivity contribution < 1.29 is 14.3 Å². The summed E-state index contributed by atoms with van der Waals surface area (Å²) in [4.78, 5) is 28.4. The van der Waals surface area contributed by atoms with Crippen molar-refractivity contribution in [1.29, 1.82) is 0 Å². The van der Waals surface area contributed by atoms with E-state index >= 15 is 0 Å². The molecule has 0 unspecified atom stereocenters. The zero-order valence-electron chi connectivity index (χ0n) is 19.5. The number of amides is 2. The Morgan fingerprint density at radius 2 is 1.69 bits per heavy atom. The molecule has 0 bridgehead atoms. The van der Waals surface area contributed by atoms with E-state index in [4.69, 9.17) is 27.9 Å². The maximum atomic E-state index is 13.5. The number of carbonyl (C=O) groups excluding carboxylic acids is 2. The number of ether oxygens (including phenoxy) is 1. The summed E-state index contributed by atoms with van der Waals surface area (Å²) in [5.74, 6) is -0.217.